The van der Waals surface area contributed by atoms with Crippen LogP contribution in [0.15, 0.2) is 41.6 Å². The van der Waals surface area contributed by atoms with Crippen LogP contribution < -0.4 is 15.0 Å². The van der Waals surface area contributed by atoms with E-state index in [2.05, 4.69) is 50.3 Å². The minimum atomic E-state index is -0.112. The van der Waals surface area contributed by atoms with Crippen molar-refractivity contribution in [2.75, 3.05) is 36.2 Å². The number of aromatic amines is 1. The van der Waals surface area contributed by atoms with Gasteiger partial charge in [-0.25, -0.2) is 4.98 Å². The molecule has 0 aliphatic heterocycles. The largest absolute Gasteiger partial charge is 0.497 e. The number of rotatable bonds is 8. The number of benzene rings is 2. The number of aryl methyl sites for hydroxylation is 1. The molecule has 2 aromatic carbocycles. The molecular weight excluding hydrogens is 424 g/mol. The summed E-state index contributed by atoms with van der Waals surface area (Å²) >= 11 is 1.25. The Morgan fingerprint density at radius 3 is 2.69 bits per heavy atom. The van der Waals surface area contributed by atoms with Crippen molar-refractivity contribution in [2.24, 2.45) is 0 Å². The van der Waals surface area contributed by atoms with Gasteiger partial charge in [0.1, 0.15) is 11.3 Å². The Labute approximate surface area is 190 Å². The third-order valence-corrected chi connectivity index (χ3v) is 6.18. The van der Waals surface area contributed by atoms with Gasteiger partial charge in [0.15, 0.2) is 5.65 Å². The molecule has 0 atom stereocenters. The molecule has 2 N–H and O–H groups in total. The molecular formula is C23H26N6O2S. The number of thioether (sulfide) groups is 1. The number of amides is 1. The molecule has 4 rings (SSSR count). The van der Waals surface area contributed by atoms with Gasteiger partial charge >= 0.3 is 0 Å². The highest BCUT2D eigenvalue weighted by molar-refractivity contribution is 7.99. The van der Waals surface area contributed by atoms with Gasteiger partial charge in [-0.3, -0.25) is 4.79 Å². The first kappa shape index (κ1) is 21.9. The predicted molar refractivity (Wildman–Crippen MR) is 130 cm³/mol. The van der Waals surface area contributed by atoms with E-state index in [9.17, 15) is 4.79 Å². The summed E-state index contributed by atoms with van der Waals surface area (Å²) in [5.74, 6) is 0.827. The van der Waals surface area contributed by atoms with Crippen molar-refractivity contribution in [2.45, 2.75) is 25.9 Å². The first-order valence-electron chi connectivity index (χ1n) is 10.5. The number of fused-ring (bicyclic) bond motifs is 3. The van der Waals surface area contributed by atoms with Crippen molar-refractivity contribution >= 4 is 51.1 Å². The molecule has 4 aromatic rings. The number of carbonyl (C=O) groups is 1. The van der Waals surface area contributed by atoms with Gasteiger partial charge < -0.3 is 19.9 Å². The van der Waals surface area contributed by atoms with Crippen LogP contribution >= 0.6 is 11.8 Å². The quantitative estimate of drug-likeness (QED) is 0.384. The van der Waals surface area contributed by atoms with Crippen LogP contribution in [0.3, 0.4) is 0 Å². The summed E-state index contributed by atoms with van der Waals surface area (Å²) in [6.45, 7) is 8.15. The Morgan fingerprint density at radius 2 is 1.97 bits per heavy atom. The van der Waals surface area contributed by atoms with Crippen molar-refractivity contribution in [1.82, 2.24) is 20.2 Å². The summed E-state index contributed by atoms with van der Waals surface area (Å²) < 4.78 is 5.28. The van der Waals surface area contributed by atoms with Crippen molar-refractivity contribution in [1.29, 1.82) is 0 Å². The van der Waals surface area contributed by atoms with Gasteiger partial charge in [0.2, 0.25) is 11.1 Å². The van der Waals surface area contributed by atoms with E-state index in [0.29, 0.717) is 16.3 Å². The van der Waals surface area contributed by atoms with Crippen LogP contribution in [0.2, 0.25) is 0 Å². The lowest BCUT2D eigenvalue weighted by molar-refractivity contribution is -0.113. The third kappa shape index (κ3) is 4.47. The SMILES string of the molecule is CCN(CC)c1ccc(NC(=O)CSc2nnc3c(n2)[nH]c2ccc(OC)cc23)c(C)c1. The normalized spacial score (nSPS) is 11.1. The number of hydrogen-bond donors (Lipinski definition) is 2. The lowest BCUT2D eigenvalue weighted by Crippen LogP contribution is -2.22. The number of methoxy groups -OCH3 is 1. The number of ether oxygens (including phenoxy) is 1. The Hall–Kier alpha value is -3.33. The van der Waals surface area contributed by atoms with Gasteiger partial charge in [-0.05, 0) is 62.7 Å². The monoisotopic (exact) mass is 450 g/mol. The molecule has 32 heavy (non-hydrogen) atoms. The molecule has 0 saturated carbocycles. The molecule has 166 valence electrons. The second-order valence-electron chi connectivity index (χ2n) is 7.34. The van der Waals surface area contributed by atoms with Crippen molar-refractivity contribution < 1.29 is 9.53 Å². The fraction of sp³-hybridized carbons (Fsp3) is 0.304. The number of nitrogens with zero attached hydrogens (tertiary/aromatic N) is 4. The smallest absolute Gasteiger partial charge is 0.234 e. The van der Waals surface area contributed by atoms with Gasteiger partial charge in [0.25, 0.3) is 0 Å². The summed E-state index contributed by atoms with van der Waals surface area (Å²) in [6, 6.07) is 11.8. The molecule has 0 aliphatic rings. The van der Waals surface area contributed by atoms with Crippen LogP contribution in [0.1, 0.15) is 19.4 Å². The average molecular weight is 451 g/mol. The van der Waals surface area contributed by atoms with Gasteiger partial charge in [-0.15, -0.1) is 10.2 Å². The Balaban J connectivity index is 1.43. The molecule has 2 aromatic heterocycles. The molecule has 8 nitrogen and oxygen atoms in total. The average Bonchev–Trinajstić information content (AvgIpc) is 3.17. The third-order valence-electron chi connectivity index (χ3n) is 5.35. The molecule has 2 heterocycles. The minimum Gasteiger partial charge on any atom is -0.497 e. The van der Waals surface area contributed by atoms with Gasteiger partial charge in [0, 0.05) is 35.4 Å². The van der Waals surface area contributed by atoms with Crippen LogP contribution in [-0.4, -0.2) is 52.0 Å². The second kappa shape index (κ2) is 9.44. The van der Waals surface area contributed by atoms with Crippen LogP contribution in [0, 0.1) is 6.92 Å². The molecule has 9 heteroatoms. The zero-order chi connectivity index (χ0) is 22.7. The molecule has 0 spiro atoms. The summed E-state index contributed by atoms with van der Waals surface area (Å²) in [4.78, 5) is 22.5. The van der Waals surface area contributed by atoms with Crippen LogP contribution in [0.5, 0.6) is 5.75 Å². The number of carbonyl (C=O) groups excluding carboxylic acids is 1. The van der Waals surface area contributed by atoms with Crippen LogP contribution in [0.4, 0.5) is 11.4 Å². The summed E-state index contributed by atoms with van der Waals surface area (Å²) in [6.07, 6.45) is 0. The summed E-state index contributed by atoms with van der Waals surface area (Å²) in [5.41, 5.74) is 5.21. The van der Waals surface area contributed by atoms with Gasteiger partial charge in [-0.2, -0.15) is 0 Å². The lowest BCUT2D eigenvalue weighted by atomic mass is 10.1. The molecule has 0 fully saturated rings. The fourth-order valence-electron chi connectivity index (χ4n) is 3.61. The van der Waals surface area contributed by atoms with Crippen molar-refractivity contribution in [3.05, 3.63) is 42.0 Å². The molecule has 1 amide bonds. The fourth-order valence-corrected chi connectivity index (χ4v) is 4.20. The number of aromatic nitrogens is 4. The van der Waals surface area contributed by atoms with E-state index in [1.54, 1.807) is 7.11 Å². The number of H-pyrrole nitrogens is 1. The van der Waals surface area contributed by atoms with E-state index in [-0.39, 0.29) is 11.7 Å². The van der Waals surface area contributed by atoms with E-state index in [4.69, 9.17) is 4.74 Å². The van der Waals surface area contributed by atoms with Crippen molar-refractivity contribution in [3.8, 4) is 5.75 Å². The van der Waals surface area contributed by atoms with E-state index >= 15 is 0 Å². The predicted octanol–water partition coefficient (Wildman–Crippen LogP) is 4.40. The van der Waals surface area contributed by atoms with Crippen molar-refractivity contribution in [3.63, 3.8) is 0 Å². The Bertz CT molecular complexity index is 1270. The maximum Gasteiger partial charge on any atom is 0.234 e. The standard InChI is InChI=1S/C23H26N6O2S/c1-5-29(6-2)15-7-9-18(14(3)11-15)24-20(30)13-32-23-26-22-21(27-28-23)17-12-16(31-4)8-10-19(17)25-22/h7-12H,5-6,13H2,1-4H3,(H,24,30)(H,25,26,28). The maximum atomic E-state index is 12.5. The van der Waals surface area contributed by atoms with Crippen LogP contribution in [-0.2, 0) is 4.79 Å². The number of nitrogens with one attached hydrogen (secondary N) is 2. The van der Waals surface area contributed by atoms with Gasteiger partial charge in [-0.1, -0.05) is 11.8 Å². The lowest BCUT2D eigenvalue weighted by Gasteiger charge is -2.22. The minimum absolute atomic E-state index is 0.112. The Morgan fingerprint density at radius 1 is 1.16 bits per heavy atom. The van der Waals surface area contributed by atoms with E-state index < -0.39 is 0 Å². The first-order chi connectivity index (χ1) is 15.5. The summed E-state index contributed by atoms with van der Waals surface area (Å²) in [7, 11) is 1.63. The zero-order valence-electron chi connectivity index (χ0n) is 18.6. The summed E-state index contributed by atoms with van der Waals surface area (Å²) in [5, 5.41) is 12.8. The second-order valence-corrected chi connectivity index (χ2v) is 8.28. The highest BCUT2D eigenvalue weighted by Crippen LogP contribution is 2.27. The zero-order valence-corrected chi connectivity index (χ0v) is 19.4. The topological polar surface area (TPSA) is 96.0 Å². The van der Waals surface area contributed by atoms with E-state index in [1.807, 2.05) is 37.3 Å². The van der Waals surface area contributed by atoms with E-state index in [1.165, 1.54) is 11.8 Å². The number of hydrogen-bond acceptors (Lipinski definition) is 7. The molecule has 0 aliphatic carbocycles. The molecule has 0 saturated heterocycles. The molecule has 0 radical (unpaired) electrons. The maximum absolute atomic E-state index is 12.5. The first-order valence-corrected chi connectivity index (χ1v) is 11.5. The van der Waals surface area contributed by atoms with Crippen LogP contribution in [0.25, 0.3) is 22.1 Å². The highest BCUT2D eigenvalue weighted by Gasteiger charge is 2.13. The Kier molecular flexibility index (Phi) is 6.45. The highest BCUT2D eigenvalue weighted by atomic mass is 32.2. The molecule has 0 bridgehead atoms. The number of anilines is 2. The van der Waals surface area contributed by atoms with E-state index in [0.717, 1.165) is 46.7 Å². The van der Waals surface area contributed by atoms with Gasteiger partial charge in [0.05, 0.1) is 12.9 Å². The molecule has 0 unspecified atom stereocenters.